The molecule has 0 saturated heterocycles. The molecule has 4 heterocycles. The van der Waals surface area contributed by atoms with Crippen molar-refractivity contribution in [3.8, 4) is 40.0 Å². The normalized spacial score (nSPS) is 13.1. The van der Waals surface area contributed by atoms with E-state index in [9.17, 15) is 0 Å². The maximum Gasteiger partial charge on any atom is 0.245 e. The zero-order chi connectivity index (χ0) is 32.5. The highest BCUT2D eigenvalue weighted by atomic mass is 16.4. The van der Waals surface area contributed by atoms with Gasteiger partial charge in [-0.2, -0.15) is 0 Å². The van der Waals surface area contributed by atoms with Crippen molar-refractivity contribution in [1.29, 1.82) is 0 Å². The van der Waals surface area contributed by atoms with Gasteiger partial charge in [0, 0.05) is 19.1 Å². The standard InChI is InChI=1S/C39H32N4O2/c1-23(2)26-14-10-15-27(24(3)4)35(26)43-33-19-9-8-18-31(33)41-37(43)30-17-11-16-28-29-20-21-32(42-38(29)45-36(28)30)39-40-22-34(44-39)25-12-6-5-7-13-25/h5-24H,1-4H3/i23D,24D. The summed E-state index contributed by atoms with van der Waals surface area (Å²) in [6.45, 7) is 7.52. The SMILES string of the molecule is [2H]C(C)(C)c1cccc(C([2H])(C)C)c1-n1c(-c2cccc3c2oc2nc(-c4ncc(-c5ccccc5)o4)ccc23)nc2ccccc21. The first-order valence-corrected chi connectivity index (χ1v) is 15.0. The summed E-state index contributed by atoms with van der Waals surface area (Å²) in [4.78, 5) is 14.5. The zero-order valence-electron chi connectivity index (χ0n) is 27.5. The first kappa shape index (κ1) is 24.9. The van der Waals surface area contributed by atoms with Gasteiger partial charge in [0.15, 0.2) is 5.76 Å². The fourth-order valence-electron chi connectivity index (χ4n) is 6.13. The van der Waals surface area contributed by atoms with Gasteiger partial charge in [0.25, 0.3) is 0 Å². The smallest absolute Gasteiger partial charge is 0.245 e. The van der Waals surface area contributed by atoms with E-state index < -0.39 is 11.8 Å². The van der Waals surface area contributed by atoms with Crippen molar-refractivity contribution < 1.29 is 11.6 Å². The monoisotopic (exact) mass is 590 g/mol. The van der Waals surface area contributed by atoms with Crippen molar-refractivity contribution in [2.45, 2.75) is 39.5 Å². The first-order chi connectivity index (χ1) is 22.6. The van der Waals surface area contributed by atoms with Crippen LogP contribution in [0, 0.1) is 0 Å². The summed E-state index contributed by atoms with van der Waals surface area (Å²) in [5, 5.41) is 1.77. The average molecular weight is 591 g/mol. The van der Waals surface area contributed by atoms with Gasteiger partial charge in [0.1, 0.15) is 17.1 Å². The van der Waals surface area contributed by atoms with E-state index in [1.807, 2.05) is 131 Å². The molecule has 0 bridgehead atoms. The lowest BCUT2D eigenvalue weighted by molar-refractivity contribution is 0.585. The lowest BCUT2D eigenvalue weighted by Gasteiger charge is -2.22. The quantitative estimate of drug-likeness (QED) is 0.193. The van der Waals surface area contributed by atoms with E-state index in [-0.39, 0.29) is 0 Å². The number of para-hydroxylation sites is 4. The number of aromatic nitrogens is 4. The van der Waals surface area contributed by atoms with Crippen LogP contribution in [0.15, 0.2) is 118 Å². The number of benzene rings is 4. The molecule has 0 saturated carbocycles. The second-order valence-electron chi connectivity index (χ2n) is 11.7. The molecule has 0 aliphatic rings. The minimum absolute atomic E-state index is 0.411. The Morgan fingerprint density at radius 2 is 1.42 bits per heavy atom. The predicted molar refractivity (Wildman–Crippen MR) is 181 cm³/mol. The van der Waals surface area contributed by atoms with E-state index in [0.717, 1.165) is 49.7 Å². The van der Waals surface area contributed by atoms with Gasteiger partial charge >= 0.3 is 0 Å². The average Bonchev–Trinajstić information content (AvgIpc) is 3.79. The van der Waals surface area contributed by atoms with Gasteiger partial charge in [-0.15, -0.1) is 0 Å². The Bertz CT molecular complexity index is 2410. The second-order valence-corrected chi connectivity index (χ2v) is 11.7. The molecule has 4 aromatic heterocycles. The van der Waals surface area contributed by atoms with Crippen molar-refractivity contribution >= 4 is 33.1 Å². The Balaban J connectivity index is 1.35. The molecule has 8 rings (SSSR count). The van der Waals surface area contributed by atoms with Crippen LogP contribution in [0.5, 0.6) is 0 Å². The van der Waals surface area contributed by atoms with Gasteiger partial charge in [-0.1, -0.05) is 100 Å². The van der Waals surface area contributed by atoms with Gasteiger partial charge in [-0.3, -0.25) is 4.57 Å². The highest BCUT2D eigenvalue weighted by Crippen LogP contribution is 2.41. The van der Waals surface area contributed by atoms with Crippen molar-refractivity contribution in [1.82, 2.24) is 19.5 Å². The summed E-state index contributed by atoms with van der Waals surface area (Å²) in [5.41, 5.74) is 7.51. The molecule has 0 fully saturated rings. The summed E-state index contributed by atoms with van der Waals surface area (Å²) < 4.78 is 33.0. The fraction of sp³-hybridized carbons (Fsp3) is 0.154. The molecule has 0 N–H and O–H groups in total. The number of nitrogens with zero attached hydrogens (tertiary/aromatic N) is 4. The fourth-order valence-corrected chi connectivity index (χ4v) is 6.13. The van der Waals surface area contributed by atoms with Crippen molar-refractivity contribution in [2.75, 3.05) is 0 Å². The Kier molecular flexibility index (Phi) is 5.86. The molecule has 0 radical (unpaired) electrons. The van der Waals surface area contributed by atoms with Crippen LogP contribution in [-0.4, -0.2) is 19.5 Å². The first-order valence-electron chi connectivity index (χ1n) is 16.0. The van der Waals surface area contributed by atoms with Crippen molar-refractivity contribution in [3.63, 3.8) is 0 Å². The van der Waals surface area contributed by atoms with E-state index in [1.165, 1.54) is 0 Å². The molecule has 45 heavy (non-hydrogen) atoms. The maximum atomic E-state index is 9.11. The molecule has 0 unspecified atom stereocenters. The molecule has 0 atom stereocenters. The Morgan fingerprint density at radius 1 is 0.689 bits per heavy atom. The molecule has 6 heteroatoms. The van der Waals surface area contributed by atoms with E-state index >= 15 is 0 Å². The van der Waals surface area contributed by atoms with E-state index in [1.54, 1.807) is 6.20 Å². The van der Waals surface area contributed by atoms with Crippen LogP contribution in [-0.2, 0) is 0 Å². The number of hydrogen-bond donors (Lipinski definition) is 0. The summed E-state index contributed by atoms with van der Waals surface area (Å²) >= 11 is 0. The number of rotatable bonds is 6. The van der Waals surface area contributed by atoms with Crippen molar-refractivity contribution in [2.24, 2.45) is 0 Å². The maximum absolute atomic E-state index is 9.11. The number of fused-ring (bicyclic) bond motifs is 4. The number of pyridine rings is 1. The van der Waals surface area contributed by atoms with Gasteiger partial charge in [-0.05, 0) is 53.2 Å². The Labute approximate surface area is 263 Å². The van der Waals surface area contributed by atoms with E-state index in [2.05, 4.69) is 9.55 Å². The highest BCUT2D eigenvalue weighted by Gasteiger charge is 2.24. The molecule has 0 aliphatic heterocycles. The van der Waals surface area contributed by atoms with Crippen LogP contribution < -0.4 is 0 Å². The summed E-state index contributed by atoms with van der Waals surface area (Å²) in [6.07, 6.45) is 1.71. The molecular weight excluding hydrogens is 556 g/mol. The van der Waals surface area contributed by atoms with Crippen LogP contribution in [0.3, 0.4) is 0 Å². The Morgan fingerprint density at radius 3 is 2.20 bits per heavy atom. The van der Waals surface area contributed by atoms with E-state index in [0.29, 0.717) is 34.5 Å². The molecular formula is C39H32N4O2. The predicted octanol–water partition coefficient (Wildman–Crippen LogP) is 10.6. The molecule has 4 aromatic carbocycles. The lowest BCUT2D eigenvalue weighted by atomic mass is 9.92. The molecule has 220 valence electrons. The van der Waals surface area contributed by atoms with Gasteiger partial charge in [0.05, 0.1) is 28.5 Å². The minimum atomic E-state index is -0.939. The van der Waals surface area contributed by atoms with Crippen LogP contribution in [0.4, 0.5) is 0 Å². The highest BCUT2D eigenvalue weighted by molar-refractivity contribution is 6.09. The Hall–Kier alpha value is -5.49. The summed E-state index contributed by atoms with van der Waals surface area (Å²) in [5.74, 6) is -0.136. The van der Waals surface area contributed by atoms with Crippen LogP contribution in [0.2, 0.25) is 0 Å². The topological polar surface area (TPSA) is 69.9 Å². The zero-order valence-corrected chi connectivity index (χ0v) is 25.5. The third-order valence-electron chi connectivity index (χ3n) is 8.29. The minimum Gasteiger partial charge on any atom is -0.437 e. The summed E-state index contributed by atoms with van der Waals surface area (Å²) in [6, 6.07) is 33.6. The second kappa shape index (κ2) is 10.6. The number of furan rings is 1. The number of oxazole rings is 1. The molecule has 0 aliphatic carbocycles. The third-order valence-corrected chi connectivity index (χ3v) is 8.29. The van der Waals surface area contributed by atoms with E-state index in [4.69, 9.17) is 21.5 Å². The number of hydrogen-bond acceptors (Lipinski definition) is 5. The molecule has 0 spiro atoms. The van der Waals surface area contributed by atoms with Crippen LogP contribution in [0.25, 0.3) is 73.1 Å². The molecule has 0 amide bonds. The summed E-state index contributed by atoms with van der Waals surface area (Å²) in [7, 11) is 0. The van der Waals surface area contributed by atoms with Crippen LogP contribution in [0.1, 0.15) is 53.4 Å². The number of imidazole rings is 1. The third kappa shape index (κ3) is 4.44. The van der Waals surface area contributed by atoms with Crippen LogP contribution >= 0.6 is 0 Å². The molecule has 8 aromatic rings. The lowest BCUT2D eigenvalue weighted by Crippen LogP contribution is -2.08. The van der Waals surface area contributed by atoms with Crippen molar-refractivity contribution in [3.05, 3.63) is 120 Å². The molecule has 6 nitrogen and oxygen atoms in total. The largest absolute Gasteiger partial charge is 0.437 e. The van der Waals surface area contributed by atoms with Gasteiger partial charge in [-0.25, -0.2) is 15.0 Å². The van der Waals surface area contributed by atoms with Gasteiger partial charge in [0.2, 0.25) is 11.6 Å². The van der Waals surface area contributed by atoms with Gasteiger partial charge < -0.3 is 8.83 Å².